The Kier molecular flexibility index (Phi) is 3.24. The number of fused-ring (bicyclic) bond motifs is 1. The Labute approximate surface area is 108 Å². The molecule has 0 aromatic heterocycles. The maximum Gasteiger partial charge on any atom is 0.243 e. The van der Waals surface area contributed by atoms with Crippen molar-refractivity contribution in [1.29, 1.82) is 0 Å². The number of hydrogen-bond acceptors (Lipinski definition) is 4. The SMILES string of the molecule is CNC1C(=O)N(CC2CCC2)CCC2N=COC21. The lowest BCUT2D eigenvalue weighted by molar-refractivity contribution is -0.135. The van der Waals surface area contributed by atoms with Crippen LogP contribution in [0.15, 0.2) is 4.99 Å². The minimum atomic E-state index is -0.250. The minimum Gasteiger partial charge on any atom is -0.476 e. The monoisotopic (exact) mass is 251 g/mol. The van der Waals surface area contributed by atoms with E-state index in [4.69, 9.17) is 4.74 Å². The molecule has 3 aliphatic rings. The van der Waals surface area contributed by atoms with E-state index < -0.39 is 0 Å². The fourth-order valence-corrected chi connectivity index (χ4v) is 3.09. The summed E-state index contributed by atoms with van der Waals surface area (Å²) in [5.41, 5.74) is 0. The van der Waals surface area contributed by atoms with Crippen molar-refractivity contribution >= 4 is 12.3 Å². The van der Waals surface area contributed by atoms with Gasteiger partial charge in [0, 0.05) is 13.1 Å². The van der Waals surface area contributed by atoms with Gasteiger partial charge in [-0.25, -0.2) is 0 Å². The van der Waals surface area contributed by atoms with Gasteiger partial charge in [-0.05, 0) is 32.2 Å². The normalized spacial score (nSPS) is 35.9. The number of carbonyl (C=O) groups is 1. The summed E-state index contributed by atoms with van der Waals surface area (Å²) in [4.78, 5) is 18.9. The van der Waals surface area contributed by atoms with Crippen LogP contribution in [0.4, 0.5) is 0 Å². The average Bonchev–Trinajstić information content (AvgIpc) is 2.72. The zero-order valence-corrected chi connectivity index (χ0v) is 10.8. The predicted octanol–water partition coefficient (Wildman–Crippen LogP) is 0.403. The quantitative estimate of drug-likeness (QED) is 0.790. The average molecular weight is 251 g/mol. The summed E-state index contributed by atoms with van der Waals surface area (Å²) in [6, 6.07) is -0.113. The predicted molar refractivity (Wildman–Crippen MR) is 68.5 cm³/mol. The van der Waals surface area contributed by atoms with Crippen LogP contribution in [0.1, 0.15) is 25.7 Å². The highest BCUT2D eigenvalue weighted by atomic mass is 16.5. The van der Waals surface area contributed by atoms with Crippen LogP contribution in [-0.2, 0) is 9.53 Å². The fraction of sp³-hybridized carbons (Fsp3) is 0.846. The van der Waals surface area contributed by atoms with E-state index in [0.717, 1.165) is 19.5 Å². The molecule has 2 aliphatic heterocycles. The van der Waals surface area contributed by atoms with E-state index in [2.05, 4.69) is 10.3 Å². The molecule has 1 amide bonds. The van der Waals surface area contributed by atoms with Crippen molar-refractivity contribution < 1.29 is 9.53 Å². The second-order valence-electron chi connectivity index (χ2n) is 5.56. The third kappa shape index (κ3) is 2.00. The Morgan fingerprint density at radius 3 is 3.00 bits per heavy atom. The van der Waals surface area contributed by atoms with Crippen molar-refractivity contribution in [1.82, 2.24) is 10.2 Å². The summed E-state index contributed by atoms with van der Waals surface area (Å²) >= 11 is 0. The van der Waals surface area contributed by atoms with Gasteiger partial charge >= 0.3 is 0 Å². The zero-order chi connectivity index (χ0) is 12.5. The van der Waals surface area contributed by atoms with Crippen molar-refractivity contribution in [2.45, 2.75) is 43.9 Å². The zero-order valence-electron chi connectivity index (χ0n) is 10.8. The molecule has 0 bridgehead atoms. The molecule has 2 heterocycles. The first-order valence-corrected chi connectivity index (χ1v) is 6.92. The maximum absolute atomic E-state index is 12.5. The van der Waals surface area contributed by atoms with Crippen molar-refractivity contribution in [3.63, 3.8) is 0 Å². The first-order chi connectivity index (χ1) is 8.79. The third-order valence-corrected chi connectivity index (χ3v) is 4.46. The van der Waals surface area contributed by atoms with E-state index >= 15 is 0 Å². The molecule has 1 N–H and O–H groups in total. The van der Waals surface area contributed by atoms with Gasteiger partial charge in [0.2, 0.25) is 5.91 Å². The number of amides is 1. The van der Waals surface area contributed by atoms with E-state index in [1.807, 2.05) is 11.9 Å². The summed E-state index contributed by atoms with van der Waals surface area (Å²) in [7, 11) is 1.83. The first kappa shape index (κ1) is 12.0. The number of likely N-dealkylation sites (N-methyl/N-ethyl adjacent to an activating group) is 1. The molecule has 5 nitrogen and oxygen atoms in total. The van der Waals surface area contributed by atoms with Gasteiger partial charge in [0.15, 0.2) is 6.40 Å². The Bertz CT molecular complexity index is 354. The van der Waals surface area contributed by atoms with Gasteiger partial charge < -0.3 is 15.0 Å². The third-order valence-electron chi connectivity index (χ3n) is 4.46. The van der Waals surface area contributed by atoms with Gasteiger partial charge in [-0.3, -0.25) is 9.79 Å². The Hall–Kier alpha value is -1.10. The number of aliphatic imine (C=N–C) groups is 1. The lowest BCUT2D eigenvalue weighted by atomic mass is 9.85. The number of nitrogens with one attached hydrogen (secondary N) is 1. The molecule has 1 saturated carbocycles. The van der Waals surface area contributed by atoms with Crippen molar-refractivity contribution in [3.8, 4) is 0 Å². The smallest absolute Gasteiger partial charge is 0.243 e. The van der Waals surface area contributed by atoms with Crippen LogP contribution in [0, 0.1) is 5.92 Å². The van der Waals surface area contributed by atoms with Gasteiger partial charge in [-0.2, -0.15) is 0 Å². The number of rotatable bonds is 3. The lowest BCUT2D eigenvalue weighted by Crippen LogP contribution is -2.52. The number of ether oxygens (including phenoxy) is 1. The molecular formula is C13H21N3O2. The van der Waals surface area contributed by atoms with E-state index in [0.29, 0.717) is 5.92 Å². The van der Waals surface area contributed by atoms with Gasteiger partial charge in [-0.15, -0.1) is 0 Å². The maximum atomic E-state index is 12.5. The molecule has 3 unspecified atom stereocenters. The van der Waals surface area contributed by atoms with E-state index in [1.165, 1.54) is 25.7 Å². The number of hydrogen-bond donors (Lipinski definition) is 1. The molecule has 0 radical (unpaired) electrons. The van der Waals surface area contributed by atoms with Crippen LogP contribution in [0.3, 0.4) is 0 Å². The van der Waals surface area contributed by atoms with Crippen LogP contribution < -0.4 is 5.32 Å². The molecule has 100 valence electrons. The second kappa shape index (κ2) is 4.88. The molecule has 0 aromatic carbocycles. The Balaban J connectivity index is 1.72. The van der Waals surface area contributed by atoms with Crippen LogP contribution in [0.2, 0.25) is 0 Å². The number of nitrogens with zero attached hydrogens (tertiary/aromatic N) is 2. The van der Waals surface area contributed by atoms with E-state index in [-0.39, 0.29) is 24.1 Å². The van der Waals surface area contributed by atoms with Gasteiger partial charge in [0.05, 0.1) is 6.04 Å². The van der Waals surface area contributed by atoms with Crippen LogP contribution in [0.5, 0.6) is 0 Å². The number of likely N-dealkylation sites (tertiary alicyclic amines) is 1. The van der Waals surface area contributed by atoms with Crippen molar-refractivity contribution in [3.05, 3.63) is 0 Å². The highest BCUT2D eigenvalue weighted by molar-refractivity contribution is 5.83. The van der Waals surface area contributed by atoms with Gasteiger partial charge in [-0.1, -0.05) is 6.42 Å². The molecular weight excluding hydrogens is 230 g/mol. The molecule has 3 rings (SSSR count). The van der Waals surface area contributed by atoms with Crippen LogP contribution >= 0.6 is 0 Å². The summed E-state index contributed by atoms with van der Waals surface area (Å²) in [6.07, 6.45) is 6.17. The summed E-state index contributed by atoms with van der Waals surface area (Å²) in [5, 5.41) is 3.11. The van der Waals surface area contributed by atoms with E-state index in [9.17, 15) is 4.79 Å². The Morgan fingerprint density at radius 1 is 1.50 bits per heavy atom. The van der Waals surface area contributed by atoms with Crippen LogP contribution in [-0.4, -0.2) is 55.5 Å². The minimum absolute atomic E-state index is 0.117. The fourth-order valence-electron chi connectivity index (χ4n) is 3.09. The molecule has 1 aliphatic carbocycles. The summed E-state index contributed by atoms with van der Waals surface area (Å²) in [5.74, 6) is 0.899. The number of carbonyl (C=O) groups excluding carboxylic acids is 1. The van der Waals surface area contributed by atoms with Gasteiger partial charge in [0.1, 0.15) is 12.1 Å². The van der Waals surface area contributed by atoms with Crippen LogP contribution in [0.25, 0.3) is 0 Å². The summed E-state index contributed by atoms with van der Waals surface area (Å²) < 4.78 is 5.50. The second-order valence-corrected chi connectivity index (χ2v) is 5.56. The molecule has 2 fully saturated rings. The first-order valence-electron chi connectivity index (χ1n) is 6.92. The molecule has 1 saturated heterocycles. The molecule has 5 heteroatoms. The topological polar surface area (TPSA) is 53.9 Å². The summed E-state index contributed by atoms with van der Waals surface area (Å²) in [6.45, 7) is 1.73. The molecule has 18 heavy (non-hydrogen) atoms. The Morgan fingerprint density at radius 2 is 2.33 bits per heavy atom. The highest BCUT2D eigenvalue weighted by Gasteiger charge is 2.42. The van der Waals surface area contributed by atoms with E-state index in [1.54, 1.807) is 0 Å². The van der Waals surface area contributed by atoms with Crippen molar-refractivity contribution in [2.24, 2.45) is 10.9 Å². The van der Waals surface area contributed by atoms with Crippen molar-refractivity contribution in [2.75, 3.05) is 20.1 Å². The van der Waals surface area contributed by atoms with Gasteiger partial charge in [0.25, 0.3) is 0 Å². The lowest BCUT2D eigenvalue weighted by Gasteiger charge is -2.33. The standard InChI is InChI=1S/C13H21N3O2/c1-14-11-12-10(15-8-18-12)5-6-16(13(11)17)7-9-3-2-4-9/h8-12,14H,2-7H2,1H3. The molecule has 0 aromatic rings. The highest BCUT2D eigenvalue weighted by Crippen LogP contribution is 2.29. The largest absolute Gasteiger partial charge is 0.476 e. The molecule has 0 spiro atoms. The molecule has 3 atom stereocenters.